The van der Waals surface area contributed by atoms with Crippen molar-refractivity contribution >= 4 is 16.6 Å². The fraction of sp³-hybridized carbons (Fsp3) is 0.250. The summed E-state index contributed by atoms with van der Waals surface area (Å²) in [5.74, 6) is 0.135. The second-order valence-corrected chi connectivity index (χ2v) is 7.96. The van der Waals surface area contributed by atoms with Gasteiger partial charge in [0.2, 0.25) is 0 Å². The SMILES string of the molecule is COc1cc(F)cc(-c2cncc(-c3ccc4cn[nH]c4c3)c2N2CCC(N)CC2)c1. The van der Waals surface area contributed by atoms with Crippen LogP contribution in [0.5, 0.6) is 5.75 Å². The summed E-state index contributed by atoms with van der Waals surface area (Å²) >= 11 is 0. The summed E-state index contributed by atoms with van der Waals surface area (Å²) in [6.07, 6.45) is 7.30. The Bertz CT molecular complexity index is 1230. The first kappa shape index (κ1) is 19.5. The van der Waals surface area contributed by atoms with E-state index in [-0.39, 0.29) is 11.9 Å². The highest BCUT2D eigenvalue weighted by Crippen LogP contribution is 2.41. The van der Waals surface area contributed by atoms with E-state index in [4.69, 9.17) is 10.5 Å². The summed E-state index contributed by atoms with van der Waals surface area (Å²) in [6, 6.07) is 11.2. The van der Waals surface area contributed by atoms with Crippen molar-refractivity contribution in [3.8, 4) is 28.0 Å². The normalized spacial score (nSPS) is 14.9. The van der Waals surface area contributed by atoms with E-state index < -0.39 is 0 Å². The minimum absolute atomic E-state index is 0.209. The summed E-state index contributed by atoms with van der Waals surface area (Å²) in [6.45, 7) is 1.67. The Morgan fingerprint density at radius 3 is 2.58 bits per heavy atom. The van der Waals surface area contributed by atoms with E-state index in [9.17, 15) is 4.39 Å². The van der Waals surface area contributed by atoms with Crippen LogP contribution in [0.15, 0.2) is 55.0 Å². The molecule has 0 unspecified atom stereocenters. The lowest BCUT2D eigenvalue weighted by atomic mass is 9.95. The molecule has 0 amide bonds. The van der Waals surface area contributed by atoms with Crippen LogP contribution in [-0.2, 0) is 0 Å². The third-order valence-corrected chi connectivity index (χ3v) is 5.94. The van der Waals surface area contributed by atoms with Gasteiger partial charge in [0, 0.05) is 54.1 Å². The number of methoxy groups -OCH3 is 1. The number of rotatable bonds is 4. The zero-order chi connectivity index (χ0) is 21.4. The lowest BCUT2D eigenvalue weighted by Crippen LogP contribution is -2.40. The highest BCUT2D eigenvalue weighted by Gasteiger charge is 2.23. The molecule has 0 spiro atoms. The third kappa shape index (κ3) is 3.72. The maximum atomic E-state index is 14.3. The number of pyridine rings is 1. The number of ether oxygens (including phenoxy) is 1. The second kappa shape index (κ2) is 8.00. The average molecular weight is 417 g/mol. The van der Waals surface area contributed by atoms with Gasteiger partial charge in [0.25, 0.3) is 0 Å². The number of halogens is 1. The monoisotopic (exact) mass is 417 g/mol. The molecule has 4 aromatic rings. The van der Waals surface area contributed by atoms with Crippen LogP contribution in [0, 0.1) is 5.82 Å². The summed E-state index contributed by atoms with van der Waals surface area (Å²) in [5, 5.41) is 8.22. The minimum atomic E-state index is -0.342. The molecule has 2 aromatic heterocycles. The van der Waals surface area contributed by atoms with E-state index in [1.807, 2.05) is 18.3 Å². The Balaban J connectivity index is 1.71. The van der Waals surface area contributed by atoms with E-state index >= 15 is 0 Å². The number of nitrogens with two attached hydrogens (primary N) is 1. The van der Waals surface area contributed by atoms with Crippen molar-refractivity contribution in [3.63, 3.8) is 0 Å². The average Bonchev–Trinajstić information content (AvgIpc) is 3.26. The number of hydrogen-bond donors (Lipinski definition) is 2. The van der Waals surface area contributed by atoms with Gasteiger partial charge in [-0.25, -0.2) is 4.39 Å². The summed E-state index contributed by atoms with van der Waals surface area (Å²) in [5.41, 5.74) is 11.8. The van der Waals surface area contributed by atoms with E-state index in [1.54, 1.807) is 19.5 Å². The largest absolute Gasteiger partial charge is 0.497 e. The van der Waals surface area contributed by atoms with Crippen molar-refractivity contribution in [2.24, 2.45) is 5.73 Å². The van der Waals surface area contributed by atoms with Crippen molar-refractivity contribution < 1.29 is 9.13 Å². The maximum absolute atomic E-state index is 14.3. The predicted octanol–water partition coefficient (Wildman–Crippen LogP) is 4.37. The zero-order valence-electron chi connectivity index (χ0n) is 17.3. The van der Waals surface area contributed by atoms with Gasteiger partial charge in [0.05, 0.1) is 24.5 Å². The Hall–Kier alpha value is -3.45. The molecule has 5 rings (SSSR count). The molecule has 6 nitrogen and oxygen atoms in total. The molecule has 31 heavy (non-hydrogen) atoms. The van der Waals surface area contributed by atoms with Gasteiger partial charge in [0.15, 0.2) is 0 Å². The molecule has 158 valence electrons. The van der Waals surface area contributed by atoms with Crippen LogP contribution in [0.2, 0.25) is 0 Å². The minimum Gasteiger partial charge on any atom is -0.497 e. The maximum Gasteiger partial charge on any atom is 0.127 e. The van der Waals surface area contributed by atoms with Crippen LogP contribution in [-0.4, -0.2) is 41.4 Å². The number of aromatic nitrogens is 3. The van der Waals surface area contributed by atoms with E-state index in [2.05, 4.69) is 32.2 Å². The third-order valence-electron chi connectivity index (χ3n) is 5.94. The van der Waals surface area contributed by atoms with Crippen molar-refractivity contribution in [2.45, 2.75) is 18.9 Å². The zero-order valence-corrected chi connectivity index (χ0v) is 17.3. The molecule has 7 heteroatoms. The number of anilines is 1. The topological polar surface area (TPSA) is 80.1 Å². The van der Waals surface area contributed by atoms with Crippen LogP contribution < -0.4 is 15.4 Å². The Labute approximate surface area is 179 Å². The molecule has 3 N–H and O–H groups in total. The number of aromatic amines is 1. The first-order valence-electron chi connectivity index (χ1n) is 10.4. The molecular formula is C24H24FN5O. The Morgan fingerprint density at radius 2 is 1.81 bits per heavy atom. The number of fused-ring (bicyclic) bond motifs is 1. The molecule has 0 bridgehead atoms. The van der Waals surface area contributed by atoms with Crippen LogP contribution in [0.25, 0.3) is 33.2 Å². The molecule has 1 aliphatic heterocycles. The van der Waals surface area contributed by atoms with Gasteiger partial charge in [-0.15, -0.1) is 0 Å². The van der Waals surface area contributed by atoms with Gasteiger partial charge >= 0.3 is 0 Å². The van der Waals surface area contributed by atoms with Crippen LogP contribution in [0.4, 0.5) is 10.1 Å². The number of hydrogen-bond acceptors (Lipinski definition) is 5. The van der Waals surface area contributed by atoms with Gasteiger partial charge in [-0.05, 0) is 42.2 Å². The van der Waals surface area contributed by atoms with Gasteiger partial charge in [-0.2, -0.15) is 5.10 Å². The van der Waals surface area contributed by atoms with Gasteiger partial charge in [-0.1, -0.05) is 12.1 Å². The molecule has 0 saturated carbocycles. The highest BCUT2D eigenvalue weighted by molar-refractivity contribution is 5.93. The fourth-order valence-electron chi connectivity index (χ4n) is 4.28. The Kier molecular flexibility index (Phi) is 5.03. The van der Waals surface area contributed by atoms with Crippen molar-refractivity contribution in [1.82, 2.24) is 15.2 Å². The fourth-order valence-corrected chi connectivity index (χ4v) is 4.28. The van der Waals surface area contributed by atoms with Gasteiger partial charge < -0.3 is 15.4 Å². The summed E-state index contributed by atoms with van der Waals surface area (Å²) < 4.78 is 19.7. The molecular weight excluding hydrogens is 393 g/mol. The number of piperidine rings is 1. The van der Waals surface area contributed by atoms with Crippen molar-refractivity contribution in [3.05, 3.63) is 60.8 Å². The molecule has 2 aromatic carbocycles. The van der Waals surface area contributed by atoms with Gasteiger partial charge in [-0.3, -0.25) is 10.1 Å². The number of benzene rings is 2. The number of nitrogens with zero attached hydrogens (tertiary/aromatic N) is 3. The summed E-state index contributed by atoms with van der Waals surface area (Å²) in [4.78, 5) is 6.86. The number of nitrogens with one attached hydrogen (secondary N) is 1. The Morgan fingerprint density at radius 1 is 1.03 bits per heavy atom. The lowest BCUT2D eigenvalue weighted by Gasteiger charge is -2.35. The molecule has 0 aliphatic carbocycles. The molecule has 0 atom stereocenters. The summed E-state index contributed by atoms with van der Waals surface area (Å²) in [7, 11) is 1.54. The molecule has 1 aliphatic rings. The standard InChI is InChI=1S/C24H24FN5O/c1-31-20-9-17(8-18(25)11-20)22-14-27-13-21(24(22)30-6-4-19(26)5-7-30)15-2-3-16-12-28-29-23(16)10-15/h2-3,8-14,19H,4-7,26H2,1H3,(H,28,29). The molecule has 0 radical (unpaired) electrons. The van der Waals surface area contributed by atoms with Crippen molar-refractivity contribution in [2.75, 3.05) is 25.1 Å². The van der Waals surface area contributed by atoms with Crippen LogP contribution in [0.3, 0.4) is 0 Å². The molecule has 1 saturated heterocycles. The first-order valence-corrected chi connectivity index (χ1v) is 10.4. The van der Waals surface area contributed by atoms with Crippen LogP contribution in [0.1, 0.15) is 12.8 Å². The first-order chi connectivity index (χ1) is 15.1. The quantitative estimate of drug-likeness (QED) is 0.516. The predicted molar refractivity (Wildman–Crippen MR) is 121 cm³/mol. The molecule has 3 heterocycles. The highest BCUT2D eigenvalue weighted by atomic mass is 19.1. The smallest absolute Gasteiger partial charge is 0.127 e. The lowest BCUT2D eigenvalue weighted by molar-refractivity contribution is 0.411. The number of H-pyrrole nitrogens is 1. The molecule has 1 fully saturated rings. The van der Waals surface area contributed by atoms with Crippen molar-refractivity contribution in [1.29, 1.82) is 0 Å². The van der Waals surface area contributed by atoms with E-state index in [1.165, 1.54) is 12.1 Å². The van der Waals surface area contributed by atoms with Crippen LogP contribution >= 0.6 is 0 Å². The van der Waals surface area contributed by atoms with Gasteiger partial charge in [0.1, 0.15) is 11.6 Å². The second-order valence-electron chi connectivity index (χ2n) is 7.96. The van der Waals surface area contributed by atoms with E-state index in [0.717, 1.165) is 64.8 Å². The van der Waals surface area contributed by atoms with E-state index in [0.29, 0.717) is 5.75 Å².